The van der Waals surface area contributed by atoms with Gasteiger partial charge in [0.1, 0.15) is 5.75 Å². The van der Waals surface area contributed by atoms with Crippen LogP contribution in [0, 0.1) is 0 Å². The molecule has 0 unspecified atom stereocenters. The number of hydrogen-bond acceptors (Lipinski definition) is 6. The zero-order valence-electron chi connectivity index (χ0n) is 22.5. The molecule has 3 aromatic carbocycles. The second kappa shape index (κ2) is 10.7. The maximum atomic E-state index is 13.6. The standard InChI is InChI=1S/C31H29N5O3S/c1-4-39-24-12-10-23(11-13-24)36-30(26-18-32-27-8-6-5-7-25(26)27)33-34-31(36)40-19(2)29(38)22-9-14-28-21(17-22)15-16-35(28)20(3)37/h5-14,17-19,32H,4,15-16H2,1-3H3/t19-/m1/s1. The van der Waals surface area contributed by atoms with Crippen LogP contribution in [0.1, 0.15) is 36.7 Å². The lowest BCUT2D eigenvalue weighted by atomic mass is 10.0. The lowest BCUT2D eigenvalue weighted by molar-refractivity contribution is -0.116. The van der Waals surface area contributed by atoms with Crippen LogP contribution in [0.4, 0.5) is 5.69 Å². The van der Waals surface area contributed by atoms with Crippen LogP contribution in [0.5, 0.6) is 5.75 Å². The summed E-state index contributed by atoms with van der Waals surface area (Å²) in [6, 6.07) is 21.5. The van der Waals surface area contributed by atoms with Crippen LogP contribution in [0.3, 0.4) is 0 Å². The van der Waals surface area contributed by atoms with Crippen molar-refractivity contribution in [3.05, 3.63) is 84.1 Å². The van der Waals surface area contributed by atoms with Crippen molar-refractivity contribution >= 4 is 40.0 Å². The summed E-state index contributed by atoms with van der Waals surface area (Å²) in [6.45, 7) is 6.65. The number of nitrogens with zero attached hydrogens (tertiary/aromatic N) is 4. The van der Waals surface area contributed by atoms with Gasteiger partial charge >= 0.3 is 0 Å². The van der Waals surface area contributed by atoms with Crippen LogP contribution < -0.4 is 9.64 Å². The molecule has 0 spiro atoms. The number of ether oxygens (including phenoxy) is 1. The Hall–Kier alpha value is -4.37. The zero-order valence-corrected chi connectivity index (χ0v) is 23.4. The predicted octanol–water partition coefficient (Wildman–Crippen LogP) is 6.09. The predicted molar refractivity (Wildman–Crippen MR) is 158 cm³/mol. The molecule has 0 saturated heterocycles. The van der Waals surface area contributed by atoms with Gasteiger partial charge in [0.25, 0.3) is 0 Å². The van der Waals surface area contributed by atoms with Crippen molar-refractivity contribution in [1.82, 2.24) is 19.7 Å². The molecular weight excluding hydrogens is 522 g/mol. The van der Waals surface area contributed by atoms with E-state index in [-0.39, 0.29) is 11.7 Å². The fraction of sp³-hybridized carbons (Fsp3) is 0.226. The fourth-order valence-electron chi connectivity index (χ4n) is 5.20. The van der Waals surface area contributed by atoms with Gasteiger partial charge in [-0.1, -0.05) is 30.0 Å². The molecule has 8 nitrogen and oxygen atoms in total. The summed E-state index contributed by atoms with van der Waals surface area (Å²) in [5.41, 5.74) is 5.36. The highest BCUT2D eigenvalue weighted by atomic mass is 32.2. The highest BCUT2D eigenvalue weighted by Crippen LogP contribution is 2.35. The van der Waals surface area contributed by atoms with Crippen LogP contribution in [0.25, 0.3) is 28.0 Å². The van der Waals surface area contributed by atoms with Gasteiger partial charge in [-0.05, 0) is 74.4 Å². The summed E-state index contributed by atoms with van der Waals surface area (Å²) in [4.78, 5) is 30.6. The van der Waals surface area contributed by atoms with Crippen LogP contribution in [-0.4, -0.2) is 49.8 Å². The molecule has 3 heterocycles. The van der Waals surface area contributed by atoms with Gasteiger partial charge in [-0.2, -0.15) is 0 Å². The number of carbonyl (C=O) groups is 2. The second-order valence-corrected chi connectivity index (χ2v) is 11.0. The Morgan fingerprint density at radius 3 is 2.65 bits per heavy atom. The molecule has 2 aromatic heterocycles. The summed E-state index contributed by atoms with van der Waals surface area (Å²) in [7, 11) is 0. The molecule has 0 saturated carbocycles. The third-order valence-corrected chi connectivity index (χ3v) is 8.20. The van der Waals surface area contributed by atoms with Crippen LogP contribution in [0.15, 0.2) is 78.1 Å². The van der Waals surface area contributed by atoms with Gasteiger partial charge in [0.05, 0.1) is 11.9 Å². The number of nitrogens with one attached hydrogen (secondary N) is 1. The number of thioether (sulfide) groups is 1. The monoisotopic (exact) mass is 551 g/mol. The average Bonchev–Trinajstić information content (AvgIpc) is 3.69. The molecule has 40 heavy (non-hydrogen) atoms. The topological polar surface area (TPSA) is 93.1 Å². The molecule has 0 aliphatic carbocycles. The number of amides is 1. The van der Waals surface area contributed by atoms with E-state index < -0.39 is 5.25 Å². The van der Waals surface area contributed by atoms with Crippen molar-refractivity contribution in [2.45, 2.75) is 37.6 Å². The van der Waals surface area contributed by atoms with E-state index in [2.05, 4.69) is 21.2 Å². The Morgan fingerprint density at radius 2 is 1.88 bits per heavy atom. The molecule has 1 atom stereocenters. The Kier molecular flexibility index (Phi) is 6.89. The summed E-state index contributed by atoms with van der Waals surface area (Å²) in [5.74, 6) is 1.49. The number of anilines is 1. The minimum absolute atomic E-state index is 0.00367. The number of H-pyrrole nitrogens is 1. The largest absolute Gasteiger partial charge is 0.494 e. The molecule has 1 aliphatic heterocycles. The Balaban J connectivity index is 1.35. The van der Waals surface area contributed by atoms with E-state index in [4.69, 9.17) is 4.74 Å². The van der Waals surface area contributed by atoms with Crippen molar-refractivity contribution in [2.24, 2.45) is 0 Å². The van der Waals surface area contributed by atoms with Gasteiger partial charge in [-0.3, -0.25) is 14.2 Å². The number of aromatic amines is 1. The number of carbonyl (C=O) groups excluding carboxylic acids is 2. The highest BCUT2D eigenvalue weighted by Gasteiger charge is 2.27. The first-order valence-electron chi connectivity index (χ1n) is 13.3. The number of Topliss-reactive ketones (excluding diaryl/α,β-unsaturated/α-hetero) is 1. The third-order valence-electron chi connectivity index (χ3n) is 7.16. The van der Waals surface area contributed by atoms with E-state index in [1.165, 1.54) is 11.8 Å². The highest BCUT2D eigenvalue weighted by molar-refractivity contribution is 8.00. The summed E-state index contributed by atoms with van der Waals surface area (Å²) in [5, 5.41) is 10.4. The molecule has 0 fully saturated rings. The molecule has 1 amide bonds. The molecule has 9 heteroatoms. The van der Waals surface area contributed by atoms with Crippen LogP contribution in [0.2, 0.25) is 0 Å². The smallest absolute Gasteiger partial charge is 0.223 e. The minimum atomic E-state index is -0.412. The lowest BCUT2D eigenvalue weighted by Crippen LogP contribution is -2.25. The second-order valence-electron chi connectivity index (χ2n) is 9.70. The van der Waals surface area contributed by atoms with E-state index in [1.54, 1.807) is 11.8 Å². The average molecular weight is 552 g/mol. The number of hydrogen-bond donors (Lipinski definition) is 1. The molecule has 0 radical (unpaired) electrons. The SMILES string of the molecule is CCOc1ccc(-n2c(S[C@H](C)C(=O)c3ccc4c(c3)CCN4C(C)=O)nnc2-c2c[nH]c3ccccc23)cc1. The van der Waals surface area contributed by atoms with Gasteiger partial charge in [0.2, 0.25) is 5.91 Å². The number of aromatic nitrogens is 4. The maximum Gasteiger partial charge on any atom is 0.223 e. The normalized spacial score (nSPS) is 13.4. The molecular formula is C31H29N5O3S. The van der Waals surface area contributed by atoms with Crippen molar-refractivity contribution < 1.29 is 14.3 Å². The summed E-state index contributed by atoms with van der Waals surface area (Å²) in [6.07, 6.45) is 2.69. The van der Waals surface area contributed by atoms with Gasteiger partial charge in [-0.15, -0.1) is 10.2 Å². The minimum Gasteiger partial charge on any atom is -0.494 e. The number of rotatable bonds is 8. The van der Waals surface area contributed by atoms with Crippen LogP contribution >= 0.6 is 11.8 Å². The molecule has 0 bridgehead atoms. The zero-order chi connectivity index (χ0) is 27.8. The number of ketones is 1. The van der Waals surface area contributed by atoms with E-state index in [9.17, 15) is 9.59 Å². The van der Waals surface area contributed by atoms with Gasteiger partial charge in [0.15, 0.2) is 16.8 Å². The quantitative estimate of drug-likeness (QED) is 0.185. The maximum absolute atomic E-state index is 13.6. The first kappa shape index (κ1) is 25.9. The lowest BCUT2D eigenvalue weighted by Gasteiger charge is -2.16. The van der Waals surface area contributed by atoms with Crippen molar-refractivity contribution in [1.29, 1.82) is 0 Å². The van der Waals surface area contributed by atoms with E-state index in [0.717, 1.165) is 45.6 Å². The molecule has 202 valence electrons. The summed E-state index contributed by atoms with van der Waals surface area (Å²) < 4.78 is 7.64. The van der Waals surface area contributed by atoms with Crippen LogP contribution in [-0.2, 0) is 11.2 Å². The molecule has 5 aromatic rings. The third kappa shape index (κ3) is 4.66. The van der Waals surface area contributed by atoms with E-state index in [1.807, 2.05) is 85.3 Å². The van der Waals surface area contributed by atoms with Gasteiger partial charge in [-0.25, -0.2) is 0 Å². The van der Waals surface area contributed by atoms with Gasteiger partial charge < -0.3 is 14.6 Å². The molecule has 6 rings (SSSR count). The first-order chi connectivity index (χ1) is 19.4. The first-order valence-corrected chi connectivity index (χ1v) is 14.2. The van der Waals surface area contributed by atoms with Gasteiger partial charge in [0, 0.05) is 53.1 Å². The Morgan fingerprint density at radius 1 is 1.07 bits per heavy atom. The number of para-hydroxylation sites is 1. The Labute approximate surface area is 236 Å². The van der Waals surface area contributed by atoms with Crippen molar-refractivity contribution in [3.8, 4) is 22.8 Å². The van der Waals surface area contributed by atoms with E-state index in [0.29, 0.717) is 29.7 Å². The molecule has 1 N–H and O–H groups in total. The van der Waals surface area contributed by atoms with E-state index >= 15 is 0 Å². The van der Waals surface area contributed by atoms with Crippen molar-refractivity contribution in [2.75, 3.05) is 18.1 Å². The Bertz CT molecular complexity index is 1720. The number of benzene rings is 3. The molecule has 1 aliphatic rings. The number of fused-ring (bicyclic) bond motifs is 2. The fourth-order valence-corrected chi connectivity index (χ4v) is 6.14. The summed E-state index contributed by atoms with van der Waals surface area (Å²) >= 11 is 1.38. The van der Waals surface area contributed by atoms with Crippen molar-refractivity contribution in [3.63, 3.8) is 0 Å².